The molecule has 2 N–H and O–H groups in total. The van der Waals surface area contributed by atoms with Gasteiger partial charge in [0.25, 0.3) is 5.56 Å². The Balaban J connectivity index is 2.47. The first-order chi connectivity index (χ1) is 9.02. The molecule has 0 atom stereocenters. The van der Waals surface area contributed by atoms with Crippen molar-refractivity contribution >= 4 is 5.69 Å². The molecule has 0 radical (unpaired) electrons. The molecule has 0 amide bonds. The predicted octanol–water partition coefficient (Wildman–Crippen LogP) is 2.48. The number of nitrogen functional groups attached to an aromatic ring is 1. The van der Waals surface area contributed by atoms with Crippen LogP contribution in [0, 0.1) is 5.92 Å². The maximum absolute atomic E-state index is 12.2. The highest BCUT2D eigenvalue weighted by atomic mass is 16.1. The van der Waals surface area contributed by atoms with Crippen molar-refractivity contribution in [1.29, 1.82) is 0 Å². The third-order valence-corrected chi connectivity index (χ3v) is 3.37. The SMILES string of the molecule is CC(C)CCn1c(=O)c(N)c(-c2ccccc2)n1C. The van der Waals surface area contributed by atoms with Gasteiger partial charge in [-0.25, -0.2) is 4.68 Å². The van der Waals surface area contributed by atoms with Crippen molar-refractivity contribution in [2.45, 2.75) is 26.8 Å². The lowest BCUT2D eigenvalue weighted by molar-refractivity contribution is 0.433. The Morgan fingerprint density at radius 1 is 1.21 bits per heavy atom. The Hall–Kier alpha value is -1.97. The summed E-state index contributed by atoms with van der Waals surface area (Å²) in [6.45, 7) is 4.99. The van der Waals surface area contributed by atoms with E-state index in [1.807, 2.05) is 42.1 Å². The van der Waals surface area contributed by atoms with Gasteiger partial charge < -0.3 is 5.73 Å². The fourth-order valence-corrected chi connectivity index (χ4v) is 2.24. The quantitative estimate of drug-likeness (QED) is 0.917. The van der Waals surface area contributed by atoms with E-state index in [4.69, 9.17) is 5.73 Å². The van der Waals surface area contributed by atoms with Crippen LogP contribution in [0.1, 0.15) is 20.3 Å². The van der Waals surface area contributed by atoms with Gasteiger partial charge in [0.15, 0.2) is 0 Å². The topological polar surface area (TPSA) is 52.9 Å². The van der Waals surface area contributed by atoms with Gasteiger partial charge in [-0.15, -0.1) is 0 Å². The van der Waals surface area contributed by atoms with Crippen LogP contribution in [0.2, 0.25) is 0 Å². The summed E-state index contributed by atoms with van der Waals surface area (Å²) in [5.41, 5.74) is 8.00. The number of anilines is 1. The molecule has 1 heterocycles. The minimum atomic E-state index is -0.0954. The summed E-state index contributed by atoms with van der Waals surface area (Å²) >= 11 is 0. The molecule has 0 unspecified atom stereocenters. The standard InChI is InChI=1S/C15H21N3O/c1-11(2)9-10-18-15(19)13(16)14(17(18)3)12-7-5-4-6-8-12/h4-8,11H,9-10,16H2,1-3H3. The van der Waals surface area contributed by atoms with Crippen molar-refractivity contribution in [3.8, 4) is 11.3 Å². The van der Waals surface area contributed by atoms with Gasteiger partial charge in [-0.05, 0) is 12.3 Å². The Morgan fingerprint density at radius 3 is 2.42 bits per heavy atom. The maximum Gasteiger partial charge on any atom is 0.290 e. The number of rotatable bonds is 4. The second-order valence-corrected chi connectivity index (χ2v) is 5.26. The molecule has 0 saturated carbocycles. The molecule has 0 bridgehead atoms. The van der Waals surface area contributed by atoms with Gasteiger partial charge in [0, 0.05) is 19.2 Å². The van der Waals surface area contributed by atoms with Gasteiger partial charge in [0.05, 0.1) is 5.69 Å². The van der Waals surface area contributed by atoms with Crippen molar-refractivity contribution in [3.05, 3.63) is 40.7 Å². The fourth-order valence-electron chi connectivity index (χ4n) is 2.24. The van der Waals surface area contributed by atoms with E-state index in [1.165, 1.54) is 0 Å². The molecule has 19 heavy (non-hydrogen) atoms. The van der Waals surface area contributed by atoms with Gasteiger partial charge >= 0.3 is 0 Å². The van der Waals surface area contributed by atoms with E-state index in [0.29, 0.717) is 18.2 Å². The van der Waals surface area contributed by atoms with Crippen LogP contribution in [0.5, 0.6) is 0 Å². The number of nitrogens with zero attached hydrogens (tertiary/aromatic N) is 2. The normalized spacial score (nSPS) is 11.2. The molecule has 1 aromatic carbocycles. The second kappa shape index (κ2) is 5.34. The van der Waals surface area contributed by atoms with Crippen LogP contribution in [0.4, 0.5) is 5.69 Å². The minimum absolute atomic E-state index is 0.0954. The van der Waals surface area contributed by atoms with Crippen molar-refractivity contribution in [3.63, 3.8) is 0 Å². The first-order valence-corrected chi connectivity index (χ1v) is 6.63. The van der Waals surface area contributed by atoms with Crippen LogP contribution in [-0.4, -0.2) is 9.36 Å². The van der Waals surface area contributed by atoms with E-state index >= 15 is 0 Å². The molecule has 2 rings (SSSR count). The van der Waals surface area contributed by atoms with Crippen LogP contribution in [-0.2, 0) is 13.6 Å². The molecule has 0 saturated heterocycles. The van der Waals surface area contributed by atoms with Crippen LogP contribution in [0.15, 0.2) is 35.1 Å². The lowest BCUT2D eigenvalue weighted by Crippen LogP contribution is -2.23. The first-order valence-electron chi connectivity index (χ1n) is 6.63. The summed E-state index contributed by atoms with van der Waals surface area (Å²) < 4.78 is 3.59. The van der Waals surface area contributed by atoms with Crippen LogP contribution in [0.25, 0.3) is 11.3 Å². The molecular formula is C15H21N3O. The third-order valence-electron chi connectivity index (χ3n) is 3.37. The van der Waals surface area contributed by atoms with Gasteiger partial charge in [-0.2, -0.15) is 0 Å². The molecule has 0 spiro atoms. The van der Waals surface area contributed by atoms with Crippen molar-refractivity contribution in [2.24, 2.45) is 13.0 Å². The zero-order valence-electron chi connectivity index (χ0n) is 11.8. The second-order valence-electron chi connectivity index (χ2n) is 5.26. The van der Waals surface area contributed by atoms with Crippen LogP contribution in [0.3, 0.4) is 0 Å². The lowest BCUT2D eigenvalue weighted by Gasteiger charge is -2.11. The number of benzene rings is 1. The summed E-state index contributed by atoms with van der Waals surface area (Å²) in [5.74, 6) is 0.559. The lowest BCUT2D eigenvalue weighted by atomic mass is 10.1. The van der Waals surface area contributed by atoms with Crippen LogP contribution < -0.4 is 11.3 Å². The van der Waals surface area contributed by atoms with Crippen molar-refractivity contribution in [1.82, 2.24) is 9.36 Å². The maximum atomic E-state index is 12.2. The molecule has 4 nitrogen and oxygen atoms in total. The van der Waals surface area contributed by atoms with E-state index in [2.05, 4.69) is 13.8 Å². The van der Waals surface area contributed by atoms with E-state index in [9.17, 15) is 4.79 Å². The third kappa shape index (κ3) is 2.57. The number of hydrogen-bond acceptors (Lipinski definition) is 2. The molecule has 0 fully saturated rings. The van der Waals surface area contributed by atoms with E-state index in [0.717, 1.165) is 17.7 Å². The molecule has 102 valence electrons. The number of hydrogen-bond donors (Lipinski definition) is 1. The zero-order valence-corrected chi connectivity index (χ0v) is 11.8. The largest absolute Gasteiger partial charge is 0.392 e. The Morgan fingerprint density at radius 2 is 1.84 bits per heavy atom. The molecular weight excluding hydrogens is 238 g/mol. The highest BCUT2D eigenvalue weighted by Gasteiger charge is 2.16. The van der Waals surface area contributed by atoms with Crippen molar-refractivity contribution in [2.75, 3.05) is 5.73 Å². The van der Waals surface area contributed by atoms with E-state index in [1.54, 1.807) is 4.68 Å². The van der Waals surface area contributed by atoms with Crippen molar-refractivity contribution < 1.29 is 0 Å². The molecule has 1 aromatic heterocycles. The summed E-state index contributed by atoms with van der Waals surface area (Å²) in [7, 11) is 1.89. The van der Waals surface area contributed by atoms with Gasteiger partial charge in [0.2, 0.25) is 0 Å². The molecule has 4 heteroatoms. The van der Waals surface area contributed by atoms with Gasteiger partial charge in [-0.3, -0.25) is 9.48 Å². The average Bonchev–Trinajstić information content (AvgIpc) is 2.59. The molecule has 0 aliphatic rings. The van der Waals surface area contributed by atoms with E-state index in [-0.39, 0.29) is 5.56 Å². The molecule has 0 aliphatic heterocycles. The van der Waals surface area contributed by atoms with Gasteiger partial charge in [-0.1, -0.05) is 44.2 Å². The summed E-state index contributed by atoms with van der Waals surface area (Å²) in [6, 6.07) is 9.79. The van der Waals surface area contributed by atoms with Gasteiger partial charge in [0.1, 0.15) is 5.69 Å². The average molecular weight is 259 g/mol. The first kappa shape index (κ1) is 13.5. The van der Waals surface area contributed by atoms with E-state index < -0.39 is 0 Å². The molecule has 0 aliphatic carbocycles. The summed E-state index contributed by atoms with van der Waals surface area (Å²) in [5, 5.41) is 0. The highest BCUT2D eigenvalue weighted by molar-refractivity contribution is 5.72. The fraction of sp³-hybridized carbons (Fsp3) is 0.400. The Kier molecular flexibility index (Phi) is 3.79. The summed E-state index contributed by atoms with van der Waals surface area (Å²) in [4.78, 5) is 12.2. The Labute approximate surface area is 113 Å². The number of aromatic nitrogens is 2. The zero-order chi connectivity index (χ0) is 14.0. The smallest absolute Gasteiger partial charge is 0.290 e. The number of nitrogens with two attached hydrogens (primary N) is 1. The monoisotopic (exact) mass is 259 g/mol. The highest BCUT2D eigenvalue weighted by Crippen LogP contribution is 2.23. The summed E-state index contributed by atoms with van der Waals surface area (Å²) in [6.07, 6.45) is 0.964. The predicted molar refractivity (Wildman–Crippen MR) is 79.0 cm³/mol. The minimum Gasteiger partial charge on any atom is -0.392 e. The van der Waals surface area contributed by atoms with Crippen LogP contribution >= 0.6 is 0 Å². The Bertz CT molecular complexity index is 608. The molecule has 2 aromatic rings.